The van der Waals surface area contributed by atoms with Gasteiger partial charge in [-0.05, 0) is 171 Å². The third kappa shape index (κ3) is 6.06. The lowest BCUT2D eigenvalue weighted by Crippen LogP contribution is -2.26. The number of rotatable bonds is 2. The average Bonchev–Trinajstić information content (AvgIpc) is 4.06. The average molecular weight is 881 g/mol. The second-order valence-corrected chi connectivity index (χ2v) is 21.1. The fourth-order valence-corrected chi connectivity index (χ4v) is 14.8. The zero-order valence-corrected chi connectivity index (χ0v) is 37.6. The first kappa shape index (κ1) is 39.1. The Hall–Kier alpha value is -6.34. The minimum absolute atomic E-state index is 0.167. The van der Waals surface area contributed by atoms with Crippen LogP contribution in [0, 0.1) is 5.41 Å². The van der Waals surface area contributed by atoms with Crippen molar-refractivity contribution in [2.45, 2.75) is 77.0 Å². The van der Waals surface area contributed by atoms with Gasteiger partial charge in [-0.15, -0.1) is 22.7 Å². The van der Waals surface area contributed by atoms with Gasteiger partial charge in [0.25, 0.3) is 0 Å². The van der Waals surface area contributed by atoms with E-state index < -0.39 is 0 Å². The van der Waals surface area contributed by atoms with Gasteiger partial charge in [0.1, 0.15) is 0 Å². The van der Waals surface area contributed by atoms with E-state index in [1.54, 1.807) is 11.3 Å². The Bertz CT molecular complexity index is 3480. The van der Waals surface area contributed by atoms with Crippen molar-refractivity contribution in [1.82, 2.24) is 0 Å². The maximum Gasteiger partial charge on any atom is 0.197 e. The van der Waals surface area contributed by atoms with E-state index in [2.05, 4.69) is 60.7 Å². The molecule has 0 radical (unpaired) electrons. The molecular weight excluding hydrogens is 837 g/mol. The molecule has 1 spiro atoms. The highest BCUT2D eigenvalue weighted by molar-refractivity contribution is 7.29. The molecule has 4 nitrogen and oxygen atoms in total. The molecule has 8 aromatic rings. The van der Waals surface area contributed by atoms with Gasteiger partial charge in [0.15, 0.2) is 23.1 Å². The van der Waals surface area contributed by atoms with E-state index in [1.807, 2.05) is 72.0 Å². The van der Waals surface area contributed by atoms with Gasteiger partial charge < -0.3 is 0 Å². The third-order valence-corrected chi connectivity index (χ3v) is 17.7. The van der Waals surface area contributed by atoms with E-state index in [0.29, 0.717) is 27.8 Å². The minimum atomic E-state index is -0.275. The van der Waals surface area contributed by atoms with Crippen LogP contribution in [-0.2, 0) is 6.42 Å². The number of thiophene rings is 2. The highest BCUT2D eigenvalue weighted by Gasteiger charge is 2.46. The maximum absolute atomic E-state index is 14.4. The molecule has 0 N–H and O–H groups in total. The fraction of sp³-hybridized carbons (Fsp3) is 0.220. The van der Waals surface area contributed by atoms with Gasteiger partial charge in [-0.1, -0.05) is 93.1 Å². The number of hydrogen-bond acceptors (Lipinski definition) is 6. The summed E-state index contributed by atoms with van der Waals surface area (Å²) in [6, 6.07) is 34.7. The number of fused-ring (bicyclic) bond motifs is 11. The molecule has 2 heterocycles. The van der Waals surface area contributed by atoms with Crippen LogP contribution in [0.15, 0.2) is 138 Å². The van der Waals surface area contributed by atoms with Crippen LogP contribution in [0.5, 0.6) is 0 Å². The van der Waals surface area contributed by atoms with Crippen molar-refractivity contribution in [2.75, 3.05) is 0 Å². The Morgan fingerprint density at radius 3 is 1.45 bits per heavy atom. The normalized spacial score (nSPS) is 18.6. The highest BCUT2D eigenvalue weighted by Crippen LogP contribution is 2.61. The number of aryl methyl sites for hydroxylation is 1. The lowest BCUT2D eigenvalue weighted by atomic mass is 9.65. The summed E-state index contributed by atoms with van der Waals surface area (Å²) < 4.78 is 2.45. The van der Waals surface area contributed by atoms with Crippen LogP contribution in [0.1, 0.15) is 127 Å². The topological polar surface area (TPSA) is 68.3 Å². The van der Waals surface area contributed by atoms with Crippen LogP contribution in [0.4, 0.5) is 0 Å². The van der Waals surface area contributed by atoms with Crippen LogP contribution >= 0.6 is 22.7 Å². The van der Waals surface area contributed by atoms with Crippen LogP contribution < -0.4 is 0 Å². The second-order valence-electron chi connectivity index (χ2n) is 19.0. The summed E-state index contributed by atoms with van der Waals surface area (Å²) in [4.78, 5) is 59.1. The molecule has 6 heteroatoms. The predicted molar refractivity (Wildman–Crippen MR) is 268 cm³/mol. The molecule has 0 atom stereocenters. The Morgan fingerprint density at radius 1 is 0.462 bits per heavy atom. The van der Waals surface area contributed by atoms with Crippen LogP contribution in [-0.4, -0.2) is 23.1 Å². The summed E-state index contributed by atoms with van der Waals surface area (Å²) in [5, 5.41) is 8.30. The summed E-state index contributed by atoms with van der Waals surface area (Å²) in [5.74, 6) is -0.736. The summed E-state index contributed by atoms with van der Waals surface area (Å²) in [7, 11) is 0. The zero-order chi connectivity index (χ0) is 43.6. The van der Waals surface area contributed by atoms with E-state index >= 15 is 0 Å². The van der Waals surface area contributed by atoms with Crippen molar-refractivity contribution in [1.29, 1.82) is 0 Å². The van der Waals surface area contributed by atoms with Gasteiger partial charge in [-0.3, -0.25) is 19.2 Å². The van der Waals surface area contributed by atoms with Gasteiger partial charge >= 0.3 is 0 Å². The Labute approximate surface area is 384 Å². The molecule has 316 valence electrons. The van der Waals surface area contributed by atoms with Crippen molar-refractivity contribution in [2.24, 2.45) is 5.41 Å². The number of carbonyl (C=O) groups excluding carboxylic acids is 4. The second kappa shape index (κ2) is 14.8. The van der Waals surface area contributed by atoms with Crippen molar-refractivity contribution in [3.63, 3.8) is 0 Å². The first-order valence-corrected chi connectivity index (χ1v) is 25.0. The van der Waals surface area contributed by atoms with Crippen LogP contribution in [0.2, 0.25) is 0 Å². The molecule has 0 amide bonds. The summed E-state index contributed by atoms with van der Waals surface area (Å²) >= 11 is 3.57. The zero-order valence-electron chi connectivity index (χ0n) is 36.0. The van der Waals surface area contributed by atoms with Crippen LogP contribution in [0.25, 0.3) is 64.1 Å². The lowest BCUT2D eigenvalue weighted by molar-refractivity contribution is 0.0974. The van der Waals surface area contributed by atoms with Crippen molar-refractivity contribution >= 4 is 110 Å². The molecule has 1 fully saturated rings. The van der Waals surface area contributed by atoms with E-state index in [9.17, 15) is 19.2 Å². The minimum Gasteiger partial charge on any atom is -0.288 e. The predicted octanol–water partition coefficient (Wildman–Crippen LogP) is 15.6. The molecule has 0 unspecified atom stereocenters. The van der Waals surface area contributed by atoms with Gasteiger partial charge in [0.2, 0.25) is 0 Å². The van der Waals surface area contributed by atoms with Crippen molar-refractivity contribution in [3.8, 4) is 0 Å². The monoisotopic (exact) mass is 880 g/mol. The highest BCUT2D eigenvalue weighted by atomic mass is 32.1. The smallest absolute Gasteiger partial charge is 0.197 e. The molecule has 5 aliphatic carbocycles. The number of hydrogen-bond donors (Lipinski definition) is 0. The molecule has 0 bridgehead atoms. The summed E-state index contributed by atoms with van der Waals surface area (Å²) in [6.07, 6.45) is 19.3. The third-order valence-electron chi connectivity index (χ3n) is 15.2. The summed E-state index contributed by atoms with van der Waals surface area (Å²) in [6.45, 7) is 0. The molecule has 6 aromatic carbocycles. The van der Waals surface area contributed by atoms with E-state index in [1.165, 1.54) is 56.7 Å². The van der Waals surface area contributed by atoms with Gasteiger partial charge in [-0.2, -0.15) is 0 Å². The molecule has 0 saturated heterocycles. The Kier molecular flexibility index (Phi) is 8.92. The molecule has 0 aliphatic heterocycles. The molecular formula is C59H44O4S2. The quantitative estimate of drug-likeness (QED) is 0.0985. The Balaban J connectivity index is 0.887. The molecule has 13 rings (SSSR count). The number of carbonyl (C=O) groups is 4. The van der Waals surface area contributed by atoms with E-state index in [0.717, 1.165) is 105 Å². The van der Waals surface area contributed by atoms with Crippen molar-refractivity contribution < 1.29 is 19.2 Å². The van der Waals surface area contributed by atoms with Gasteiger partial charge in [-0.25, -0.2) is 0 Å². The number of allylic oxidation sites excluding steroid dienone is 7. The van der Waals surface area contributed by atoms with E-state index in [-0.39, 0.29) is 34.1 Å². The largest absolute Gasteiger partial charge is 0.288 e. The van der Waals surface area contributed by atoms with Gasteiger partial charge in [0.05, 0.1) is 11.1 Å². The van der Waals surface area contributed by atoms with E-state index in [4.69, 9.17) is 0 Å². The number of Topliss-reactive ketones (excluding diaryl/α,β-unsaturated/α-hetero) is 4. The standard InChI is InChI=1S/C59H44O4S2/c60-53-45-26-38-21-33-13-7-8-14-34(33)22-39(38)27-46(45)54(61)49(53)30-42-25-37-17-5-2-1-3-6-18-44-57-51(65-58(44)52(37)59(42)19-11-4-12-20-59)32-43(64-57)31-50-55(62)47-28-40-23-35-15-9-10-16-36(35)24-41(40)29-48(47)56(50)63/h7-10,13-16,21-32H,1-6,11-12,17-20H2. The number of ketones is 4. The lowest BCUT2D eigenvalue weighted by Gasteiger charge is -2.39. The first-order chi connectivity index (χ1) is 31.8. The SMILES string of the molecule is O=C1C(=CC2=CC3=C(c4sc5cc(C=C6C(=O)c7cc8cc9ccccc9cc8cc7C6=O)sc5c4CCCCCCC3)C23CCCCC3)C(=O)c2cc3cc4ccccc4cc3cc21. The molecule has 5 aliphatic rings. The Morgan fingerprint density at radius 2 is 0.923 bits per heavy atom. The van der Waals surface area contributed by atoms with Gasteiger partial charge in [0, 0.05) is 46.8 Å². The molecule has 2 aromatic heterocycles. The summed E-state index contributed by atoms with van der Waals surface area (Å²) in [5.41, 5.74) is 7.56. The van der Waals surface area contributed by atoms with Crippen molar-refractivity contribution in [3.05, 3.63) is 175 Å². The fourth-order valence-electron chi connectivity index (χ4n) is 12.0. The first-order valence-electron chi connectivity index (χ1n) is 23.4. The molecule has 1 saturated carbocycles. The molecule has 65 heavy (non-hydrogen) atoms. The van der Waals surface area contributed by atoms with Crippen LogP contribution in [0.3, 0.4) is 0 Å². The maximum atomic E-state index is 14.4. The number of benzene rings is 6.